The molecule has 60 heavy (non-hydrogen) atoms. The summed E-state index contributed by atoms with van der Waals surface area (Å²) in [5, 5.41) is 7.32. The fraction of sp³-hybridized carbons (Fsp3) is 0. The van der Waals surface area contributed by atoms with Gasteiger partial charge in [0.2, 0.25) is 0 Å². The maximum Gasteiger partial charge on any atom is 0.160 e. The van der Waals surface area contributed by atoms with E-state index in [2.05, 4.69) is 221 Å². The first kappa shape index (κ1) is 34.0. The highest BCUT2D eigenvalue weighted by Crippen LogP contribution is 2.39. The van der Waals surface area contributed by atoms with Crippen LogP contribution in [-0.4, -0.2) is 19.1 Å². The number of aromatic nitrogens is 4. The molecular weight excluding hydrogens is 729 g/mol. The molecule has 0 saturated carbocycles. The summed E-state index contributed by atoms with van der Waals surface area (Å²) in [6.07, 6.45) is 0. The van der Waals surface area contributed by atoms with Gasteiger partial charge in [-0.15, -0.1) is 0 Å². The van der Waals surface area contributed by atoms with Crippen LogP contribution in [0.4, 0.5) is 0 Å². The Balaban J connectivity index is 0.951. The highest BCUT2D eigenvalue weighted by Gasteiger charge is 2.17. The standard InChI is InChI=1S/C56H36N4/c1-3-14-38(15-4-1)50-36-51(58-56(57-50)43-24-23-37-13-7-8-16-40(37)33-43)39-25-29-45(30-26-39)60-53-22-12-10-20-47(53)49-35-42(28-32-55(49)60)41-27-31-54-48(34-41)46-19-9-11-21-52(46)59(54)44-17-5-2-6-18-44/h1-36H. The number of rotatable bonds is 6. The molecule has 0 aliphatic rings. The van der Waals surface area contributed by atoms with Crippen molar-refractivity contribution in [3.05, 3.63) is 218 Å². The molecule has 0 unspecified atom stereocenters. The molecule has 0 fully saturated rings. The highest BCUT2D eigenvalue weighted by atomic mass is 15.0. The van der Waals surface area contributed by atoms with E-state index in [9.17, 15) is 0 Å². The zero-order valence-corrected chi connectivity index (χ0v) is 32.6. The lowest BCUT2D eigenvalue weighted by molar-refractivity contribution is 1.17. The van der Waals surface area contributed by atoms with Crippen LogP contribution in [0, 0.1) is 0 Å². The molecule has 12 aromatic rings. The summed E-state index contributed by atoms with van der Waals surface area (Å²) in [5.74, 6) is 0.709. The molecule has 0 atom stereocenters. The van der Waals surface area contributed by atoms with Gasteiger partial charge in [0.1, 0.15) is 0 Å². The largest absolute Gasteiger partial charge is 0.309 e. The van der Waals surface area contributed by atoms with Gasteiger partial charge in [-0.3, -0.25) is 0 Å². The smallest absolute Gasteiger partial charge is 0.160 e. The first-order valence-electron chi connectivity index (χ1n) is 20.4. The summed E-state index contributed by atoms with van der Waals surface area (Å²) in [7, 11) is 0. The van der Waals surface area contributed by atoms with E-state index in [0.717, 1.165) is 33.8 Å². The quantitative estimate of drug-likeness (QED) is 0.169. The second-order valence-electron chi connectivity index (χ2n) is 15.4. The molecule has 280 valence electrons. The van der Waals surface area contributed by atoms with Crippen molar-refractivity contribution >= 4 is 54.4 Å². The number of fused-ring (bicyclic) bond motifs is 7. The van der Waals surface area contributed by atoms with Crippen molar-refractivity contribution in [3.63, 3.8) is 0 Å². The van der Waals surface area contributed by atoms with Gasteiger partial charge in [-0.25, -0.2) is 9.97 Å². The molecule has 3 aromatic heterocycles. The van der Waals surface area contributed by atoms with Gasteiger partial charge in [0.05, 0.1) is 33.5 Å². The maximum atomic E-state index is 5.17. The number of nitrogens with zero attached hydrogens (tertiary/aromatic N) is 4. The molecule has 3 heterocycles. The van der Waals surface area contributed by atoms with Crippen LogP contribution in [0.3, 0.4) is 0 Å². The lowest BCUT2D eigenvalue weighted by Crippen LogP contribution is -1.97. The van der Waals surface area contributed by atoms with Crippen LogP contribution in [-0.2, 0) is 0 Å². The third-order valence-electron chi connectivity index (χ3n) is 11.9. The molecule has 0 spiro atoms. The molecule has 4 nitrogen and oxygen atoms in total. The van der Waals surface area contributed by atoms with Crippen LogP contribution in [0.15, 0.2) is 218 Å². The van der Waals surface area contributed by atoms with Crippen molar-refractivity contribution in [2.24, 2.45) is 0 Å². The van der Waals surface area contributed by atoms with Crippen LogP contribution in [0.25, 0.3) is 111 Å². The zero-order valence-electron chi connectivity index (χ0n) is 32.6. The van der Waals surface area contributed by atoms with Gasteiger partial charge in [-0.05, 0) is 94.7 Å². The van der Waals surface area contributed by atoms with E-state index in [0.29, 0.717) is 5.82 Å². The molecule has 0 radical (unpaired) electrons. The summed E-state index contributed by atoms with van der Waals surface area (Å²) < 4.78 is 4.75. The Labute approximate surface area is 346 Å². The Bertz CT molecular complexity index is 3580. The first-order chi connectivity index (χ1) is 29.7. The topological polar surface area (TPSA) is 35.6 Å². The number of benzene rings is 9. The van der Waals surface area contributed by atoms with E-state index in [1.807, 2.05) is 6.07 Å². The van der Waals surface area contributed by atoms with Crippen molar-refractivity contribution in [2.75, 3.05) is 0 Å². The van der Waals surface area contributed by atoms with Crippen molar-refractivity contribution in [1.29, 1.82) is 0 Å². The molecular formula is C56H36N4. The van der Waals surface area contributed by atoms with Gasteiger partial charge in [-0.1, -0.05) is 146 Å². The minimum Gasteiger partial charge on any atom is -0.309 e. The van der Waals surface area contributed by atoms with Crippen molar-refractivity contribution in [2.45, 2.75) is 0 Å². The predicted molar refractivity (Wildman–Crippen MR) is 250 cm³/mol. The van der Waals surface area contributed by atoms with Crippen LogP contribution in [0.1, 0.15) is 0 Å². The predicted octanol–water partition coefficient (Wildman–Crippen LogP) is 14.5. The van der Waals surface area contributed by atoms with Crippen molar-refractivity contribution < 1.29 is 0 Å². The van der Waals surface area contributed by atoms with Gasteiger partial charge in [0, 0.05) is 49.6 Å². The maximum absolute atomic E-state index is 5.17. The minimum atomic E-state index is 0.709. The summed E-state index contributed by atoms with van der Waals surface area (Å²) in [4.78, 5) is 10.3. The summed E-state index contributed by atoms with van der Waals surface area (Å²) in [6, 6.07) is 78.0. The average molecular weight is 765 g/mol. The summed E-state index contributed by atoms with van der Waals surface area (Å²) >= 11 is 0. The second kappa shape index (κ2) is 13.8. The van der Waals surface area contributed by atoms with Gasteiger partial charge in [0.15, 0.2) is 5.82 Å². The Hall–Kier alpha value is -8.08. The van der Waals surface area contributed by atoms with Gasteiger partial charge in [-0.2, -0.15) is 0 Å². The third kappa shape index (κ3) is 5.61. The van der Waals surface area contributed by atoms with Crippen LogP contribution in [0.2, 0.25) is 0 Å². The SMILES string of the molecule is c1ccc(-c2cc(-c3ccc(-n4c5ccccc5c5cc(-c6ccc7c(c6)c6ccccc6n7-c6ccccc6)ccc54)cc3)nc(-c3ccc4ccccc4c3)n2)cc1. The first-order valence-corrected chi connectivity index (χ1v) is 20.4. The Kier molecular flexibility index (Phi) is 7.82. The third-order valence-corrected chi connectivity index (χ3v) is 11.9. The Morgan fingerprint density at radius 1 is 0.267 bits per heavy atom. The van der Waals surface area contributed by atoms with Crippen LogP contribution in [0.5, 0.6) is 0 Å². The van der Waals surface area contributed by atoms with Crippen LogP contribution >= 0.6 is 0 Å². The lowest BCUT2D eigenvalue weighted by atomic mass is 10.0. The van der Waals surface area contributed by atoms with E-state index in [1.54, 1.807) is 0 Å². The van der Waals surface area contributed by atoms with E-state index < -0.39 is 0 Å². The summed E-state index contributed by atoms with van der Waals surface area (Å²) in [6.45, 7) is 0. The van der Waals surface area contributed by atoms with Gasteiger partial charge in [0.25, 0.3) is 0 Å². The van der Waals surface area contributed by atoms with Crippen molar-refractivity contribution in [3.8, 4) is 56.4 Å². The van der Waals surface area contributed by atoms with E-state index in [-0.39, 0.29) is 0 Å². The molecule has 12 rings (SSSR count). The highest BCUT2D eigenvalue weighted by molar-refractivity contribution is 6.12. The minimum absolute atomic E-state index is 0.709. The van der Waals surface area contributed by atoms with Gasteiger partial charge >= 0.3 is 0 Å². The fourth-order valence-corrected chi connectivity index (χ4v) is 9.03. The Morgan fingerprint density at radius 3 is 1.33 bits per heavy atom. The van der Waals surface area contributed by atoms with E-state index in [4.69, 9.17) is 9.97 Å². The molecule has 0 amide bonds. The molecule has 9 aromatic carbocycles. The Morgan fingerprint density at radius 2 is 0.717 bits per heavy atom. The molecule has 0 saturated heterocycles. The fourth-order valence-electron chi connectivity index (χ4n) is 9.03. The number of para-hydroxylation sites is 3. The zero-order chi connectivity index (χ0) is 39.6. The lowest BCUT2D eigenvalue weighted by Gasteiger charge is -2.12. The second-order valence-corrected chi connectivity index (χ2v) is 15.4. The van der Waals surface area contributed by atoms with E-state index in [1.165, 1.54) is 71.2 Å². The number of hydrogen-bond acceptors (Lipinski definition) is 2. The van der Waals surface area contributed by atoms with Crippen molar-refractivity contribution in [1.82, 2.24) is 19.1 Å². The van der Waals surface area contributed by atoms with E-state index >= 15 is 0 Å². The molecule has 0 aliphatic carbocycles. The average Bonchev–Trinajstić information content (AvgIpc) is 3.84. The molecule has 0 aliphatic heterocycles. The van der Waals surface area contributed by atoms with Gasteiger partial charge < -0.3 is 9.13 Å². The monoisotopic (exact) mass is 764 g/mol. The molecule has 0 N–H and O–H groups in total. The summed E-state index contributed by atoms with van der Waals surface area (Å²) in [5.41, 5.74) is 14.3. The van der Waals surface area contributed by atoms with Crippen LogP contribution < -0.4 is 0 Å². The molecule has 4 heteroatoms. The number of hydrogen-bond donors (Lipinski definition) is 0. The normalized spacial score (nSPS) is 11.7. The molecule has 0 bridgehead atoms.